The van der Waals surface area contributed by atoms with Gasteiger partial charge in [0.1, 0.15) is 12.1 Å². The summed E-state index contributed by atoms with van der Waals surface area (Å²) < 4.78 is 0. The van der Waals surface area contributed by atoms with Crippen molar-refractivity contribution in [3.63, 3.8) is 0 Å². The van der Waals surface area contributed by atoms with Crippen molar-refractivity contribution < 1.29 is 39.3 Å². The molecule has 0 saturated carbocycles. The Bertz CT molecular complexity index is 1520. The third-order valence-corrected chi connectivity index (χ3v) is 5.64. The maximum Gasteiger partial charge on any atom is 0.326 e. The van der Waals surface area contributed by atoms with Crippen molar-refractivity contribution in [3.8, 4) is 0 Å². The van der Waals surface area contributed by atoms with Gasteiger partial charge in [-0.3, -0.25) is 29.0 Å². The molecule has 2 heterocycles. The second-order valence-corrected chi connectivity index (χ2v) is 8.71. The number of nitrogens with two attached hydrogens (primary N) is 1. The summed E-state index contributed by atoms with van der Waals surface area (Å²) in [6, 6.07) is 3.02. The molecular weight excluding hydrogens is 544 g/mol. The van der Waals surface area contributed by atoms with E-state index in [1.54, 1.807) is 12.1 Å². The van der Waals surface area contributed by atoms with E-state index in [9.17, 15) is 33.9 Å². The lowest BCUT2D eigenvalue weighted by molar-refractivity contribution is -0.143. The van der Waals surface area contributed by atoms with Crippen LogP contribution >= 0.6 is 0 Å². The number of nitrogens with one attached hydrogen (secondary N) is 4. The van der Waals surface area contributed by atoms with Crippen LogP contribution in [0.1, 0.15) is 41.7 Å². The molecule has 41 heavy (non-hydrogen) atoms. The second-order valence-electron chi connectivity index (χ2n) is 8.71. The lowest BCUT2D eigenvalue weighted by Crippen LogP contribution is -2.51. The first-order valence-corrected chi connectivity index (χ1v) is 12.1. The quantitative estimate of drug-likeness (QED) is 0.119. The number of benzene rings is 1. The van der Waals surface area contributed by atoms with Gasteiger partial charge in [-0.2, -0.15) is 4.98 Å². The van der Waals surface area contributed by atoms with Gasteiger partial charge in [0.25, 0.3) is 11.5 Å². The van der Waals surface area contributed by atoms with Crippen LogP contribution in [0.2, 0.25) is 0 Å². The monoisotopic (exact) mass is 570 g/mol. The van der Waals surface area contributed by atoms with E-state index in [-0.39, 0.29) is 35.6 Å². The number of carbonyl (C=O) groups is 5. The van der Waals surface area contributed by atoms with Gasteiger partial charge >= 0.3 is 17.9 Å². The van der Waals surface area contributed by atoms with Crippen molar-refractivity contribution in [2.45, 2.75) is 44.3 Å². The zero-order chi connectivity index (χ0) is 30.1. The average molecular weight is 571 g/mol. The Morgan fingerprint density at radius 3 is 2.15 bits per heavy atom. The van der Waals surface area contributed by atoms with Crippen LogP contribution in [0.4, 0.5) is 11.6 Å². The Morgan fingerprint density at radius 2 is 1.54 bits per heavy atom. The number of aromatic amines is 1. The van der Waals surface area contributed by atoms with Crippen LogP contribution in [0.15, 0.2) is 35.3 Å². The zero-order valence-electron chi connectivity index (χ0n) is 21.3. The average Bonchev–Trinajstić information content (AvgIpc) is 2.91. The van der Waals surface area contributed by atoms with Crippen molar-refractivity contribution in [1.29, 1.82) is 0 Å². The largest absolute Gasteiger partial charge is 0.481 e. The lowest BCUT2D eigenvalue weighted by atomic mass is 10.1. The Kier molecular flexibility index (Phi) is 9.82. The molecule has 2 amide bonds. The van der Waals surface area contributed by atoms with E-state index in [2.05, 4.69) is 35.9 Å². The van der Waals surface area contributed by atoms with E-state index in [0.717, 1.165) is 0 Å². The maximum atomic E-state index is 12.8. The summed E-state index contributed by atoms with van der Waals surface area (Å²) in [5, 5.41) is 34.7. The number of H-pyrrole nitrogens is 1. The van der Waals surface area contributed by atoms with E-state index >= 15 is 0 Å². The summed E-state index contributed by atoms with van der Waals surface area (Å²) in [6.45, 7) is 0.169. The van der Waals surface area contributed by atoms with Gasteiger partial charge in [0, 0.05) is 24.1 Å². The van der Waals surface area contributed by atoms with E-state index in [4.69, 9.17) is 15.9 Å². The fourth-order valence-electron chi connectivity index (χ4n) is 3.56. The molecule has 0 spiro atoms. The number of fused-ring (bicyclic) bond motifs is 1. The van der Waals surface area contributed by atoms with Crippen LogP contribution in [0.25, 0.3) is 11.2 Å². The number of carboxylic acids is 3. The lowest BCUT2D eigenvalue weighted by Gasteiger charge is -2.21. The maximum absolute atomic E-state index is 12.8. The number of aliphatic carboxylic acids is 3. The minimum Gasteiger partial charge on any atom is -0.481 e. The molecule has 0 bridgehead atoms. The third kappa shape index (κ3) is 8.70. The van der Waals surface area contributed by atoms with Crippen molar-refractivity contribution in [1.82, 2.24) is 30.6 Å². The minimum absolute atomic E-state index is 0.0172. The van der Waals surface area contributed by atoms with E-state index in [1.165, 1.54) is 18.3 Å². The molecule has 0 radical (unpaired) electrons. The van der Waals surface area contributed by atoms with E-state index in [0.29, 0.717) is 11.4 Å². The molecular formula is C24H26N8O9. The summed E-state index contributed by atoms with van der Waals surface area (Å²) in [5.74, 6) is -5.76. The van der Waals surface area contributed by atoms with Gasteiger partial charge < -0.3 is 37.0 Å². The topological polar surface area (TPSA) is 280 Å². The molecule has 216 valence electrons. The predicted molar refractivity (Wildman–Crippen MR) is 141 cm³/mol. The van der Waals surface area contributed by atoms with E-state index < -0.39 is 66.6 Å². The van der Waals surface area contributed by atoms with Gasteiger partial charge in [-0.1, -0.05) is 0 Å². The van der Waals surface area contributed by atoms with Crippen LogP contribution in [0.3, 0.4) is 0 Å². The number of nitrogens with zero attached hydrogens (tertiary/aromatic N) is 3. The molecule has 17 nitrogen and oxygen atoms in total. The number of hydrogen-bond donors (Lipinski definition) is 8. The number of anilines is 2. The minimum atomic E-state index is -1.55. The molecule has 0 saturated heterocycles. The molecule has 0 aliphatic heterocycles. The molecule has 0 aliphatic carbocycles. The van der Waals surface area contributed by atoms with Gasteiger partial charge in [-0.15, -0.1) is 0 Å². The molecule has 3 rings (SSSR count). The summed E-state index contributed by atoms with van der Waals surface area (Å²) in [5.41, 5.74) is 6.17. The molecule has 0 fully saturated rings. The normalized spacial score (nSPS) is 12.2. The van der Waals surface area contributed by atoms with Crippen LogP contribution in [0.5, 0.6) is 0 Å². The molecule has 2 aromatic heterocycles. The first-order valence-electron chi connectivity index (χ1n) is 12.1. The number of nitrogen functional groups attached to an aromatic ring is 1. The highest BCUT2D eigenvalue weighted by Crippen LogP contribution is 2.13. The van der Waals surface area contributed by atoms with Gasteiger partial charge in [-0.25, -0.2) is 14.8 Å². The van der Waals surface area contributed by atoms with Crippen molar-refractivity contribution in [2.24, 2.45) is 0 Å². The molecule has 9 N–H and O–H groups in total. The first-order chi connectivity index (χ1) is 19.4. The second kappa shape index (κ2) is 13.5. The number of amides is 2. The van der Waals surface area contributed by atoms with Crippen LogP contribution in [-0.2, 0) is 25.7 Å². The Balaban J connectivity index is 1.64. The zero-order valence-corrected chi connectivity index (χ0v) is 21.3. The summed E-state index contributed by atoms with van der Waals surface area (Å²) >= 11 is 0. The summed E-state index contributed by atoms with van der Waals surface area (Å²) in [7, 11) is 0. The molecule has 1 aromatic carbocycles. The Labute approximate surface area is 230 Å². The van der Waals surface area contributed by atoms with Crippen molar-refractivity contribution in [2.75, 3.05) is 11.1 Å². The highest BCUT2D eigenvalue weighted by molar-refractivity contribution is 5.98. The van der Waals surface area contributed by atoms with Crippen molar-refractivity contribution in [3.05, 3.63) is 52.1 Å². The van der Waals surface area contributed by atoms with Gasteiger partial charge in [0.15, 0.2) is 11.2 Å². The smallest absolute Gasteiger partial charge is 0.326 e. The van der Waals surface area contributed by atoms with Crippen LogP contribution in [-0.4, -0.2) is 77.1 Å². The number of hydrogen-bond acceptors (Lipinski definition) is 11. The number of aromatic nitrogens is 4. The fourth-order valence-corrected chi connectivity index (χ4v) is 3.56. The Morgan fingerprint density at radius 1 is 0.902 bits per heavy atom. The third-order valence-electron chi connectivity index (χ3n) is 5.64. The predicted octanol–water partition coefficient (Wildman–Crippen LogP) is -0.695. The first kappa shape index (κ1) is 29.9. The summed E-state index contributed by atoms with van der Waals surface area (Å²) in [6.07, 6.45) is -0.350. The molecule has 0 unspecified atom stereocenters. The fraction of sp³-hybridized carbons (Fsp3) is 0.292. The highest BCUT2D eigenvalue weighted by atomic mass is 16.4. The summed E-state index contributed by atoms with van der Waals surface area (Å²) in [4.78, 5) is 85.3. The molecule has 0 aliphatic rings. The van der Waals surface area contributed by atoms with Gasteiger partial charge in [-0.05, 0) is 37.1 Å². The SMILES string of the molecule is Nc1nc2ncc(CNc3ccc(C(=O)N[C@@H](CCC(=O)O)C(=O)N[C@@H](CCC(=O)O)C(=O)O)cc3)nc2c(=O)[nH]1. The number of carboxylic acid groups (broad SMARTS) is 3. The number of carbonyl (C=O) groups excluding carboxylic acids is 2. The molecule has 2 atom stereocenters. The molecule has 17 heteroatoms. The highest BCUT2D eigenvalue weighted by Gasteiger charge is 2.27. The van der Waals surface area contributed by atoms with Gasteiger partial charge in [0.05, 0.1) is 18.4 Å². The standard InChI is InChI=1S/C24H26N8O9/c25-24-31-19-18(22(39)32-24)28-13(10-27-19)9-26-12-3-1-11(2-4-12)20(37)29-14(5-7-16(33)34)21(38)30-15(23(40)41)6-8-17(35)36/h1-4,10,14-15,26H,5-9H2,(H,29,37)(H,30,38)(H,33,34)(H,35,36)(H,40,41)(H3,25,27,31,32,39)/t14-,15-/m0/s1. The Hall–Kier alpha value is -5.61. The molecule has 3 aromatic rings. The van der Waals surface area contributed by atoms with Crippen molar-refractivity contribution >= 4 is 52.5 Å². The van der Waals surface area contributed by atoms with Gasteiger partial charge in [0.2, 0.25) is 11.9 Å². The number of rotatable bonds is 14. The van der Waals surface area contributed by atoms with Crippen LogP contribution < -0.4 is 27.2 Å². The van der Waals surface area contributed by atoms with E-state index in [1.807, 2.05) is 0 Å². The van der Waals surface area contributed by atoms with Crippen LogP contribution in [0, 0.1) is 0 Å².